The molecule has 0 aliphatic carbocycles. The number of carbonyl (C=O) groups is 2. The molecular formula is C18H10Cl2F2N2O3S. The Morgan fingerprint density at radius 3 is 2.57 bits per heavy atom. The molecule has 3 aromatic rings. The molecule has 0 saturated carbocycles. The number of hydrogen-bond donors (Lipinski definition) is 1. The van der Waals surface area contributed by atoms with Crippen LogP contribution in [0.25, 0.3) is 11.3 Å². The Bertz CT molecular complexity index is 1060. The van der Waals surface area contributed by atoms with Crippen molar-refractivity contribution >= 4 is 51.5 Å². The lowest BCUT2D eigenvalue weighted by Gasteiger charge is -2.06. The Kier molecular flexibility index (Phi) is 6.23. The van der Waals surface area contributed by atoms with Crippen molar-refractivity contribution in [2.75, 3.05) is 11.9 Å². The summed E-state index contributed by atoms with van der Waals surface area (Å²) in [6.07, 6.45) is 0. The maximum absolute atomic E-state index is 13.2. The van der Waals surface area contributed by atoms with Gasteiger partial charge in [-0.2, -0.15) is 0 Å². The molecule has 0 fully saturated rings. The van der Waals surface area contributed by atoms with Crippen LogP contribution in [0.4, 0.5) is 13.9 Å². The van der Waals surface area contributed by atoms with Gasteiger partial charge in [-0.25, -0.2) is 18.6 Å². The highest BCUT2D eigenvalue weighted by atomic mass is 35.5. The van der Waals surface area contributed by atoms with Crippen LogP contribution in [0.2, 0.25) is 10.0 Å². The number of nitrogens with one attached hydrogen (secondary N) is 1. The zero-order valence-electron chi connectivity index (χ0n) is 13.8. The van der Waals surface area contributed by atoms with Crippen molar-refractivity contribution in [3.63, 3.8) is 0 Å². The van der Waals surface area contributed by atoms with Gasteiger partial charge in [-0.3, -0.25) is 10.1 Å². The lowest BCUT2D eigenvalue weighted by Crippen LogP contribution is -2.21. The molecular weight excluding hydrogens is 433 g/mol. The molecule has 0 saturated heterocycles. The second-order valence-electron chi connectivity index (χ2n) is 5.39. The average molecular weight is 443 g/mol. The number of rotatable bonds is 5. The van der Waals surface area contributed by atoms with Crippen LogP contribution in [0.3, 0.4) is 0 Å². The maximum Gasteiger partial charge on any atom is 0.340 e. The quantitative estimate of drug-likeness (QED) is 0.435. The summed E-state index contributed by atoms with van der Waals surface area (Å²) >= 11 is 13.0. The third kappa shape index (κ3) is 4.64. The van der Waals surface area contributed by atoms with Crippen molar-refractivity contribution in [3.05, 3.63) is 69.0 Å². The lowest BCUT2D eigenvalue weighted by atomic mass is 10.2. The predicted octanol–water partition coefficient (Wildman–Crippen LogP) is 5.19. The topological polar surface area (TPSA) is 68.3 Å². The molecule has 1 aromatic heterocycles. The maximum atomic E-state index is 13.2. The van der Waals surface area contributed by atoms with Crippen LogP contribution in [0, 0.1) is 11.6 Å². The zero-order chi connectivity index (χ0) is 20.3. The molecule has 0 aliphatic rings. The number of ether oxygens (including phenoxy) is 1. The van der Waals surface area contributed by atoms with Crippen LogP contribution in [0.5, 0.6) is 0 Å². The summed E-state index contributed by atoms with van der Waals surface area (Å²) in [7, 11) is 0. The van der Waals surface area contributed by atoms with Gasteiger partial charge in [0.05, 0.1) is 16.3 Å². The van der Waals surface area contributed by atoms with E-state index in [1.54, 1.807) is 23.6 Å². The molecule has 144 valence electrons. The molecule has 1 amide bonds. The smallest absolute Gasteiger partial charge is 0.340 e. The van der Waals surface area contributed by atoms with Crippen molar-refractivity contribution in [2.24, 2.45) is 0 Å². The number of aromatic nitrogens is 1. The van der Waals surface area contributed by atoms with Gasteiger partial charge in [0.25, 0.3) is 5.91 Å². The molecule has 28 heavy (non-hydrogen) atoms. The number of anilines is 1. The van der Waals surface area contributed by atoms with Crippen LogP contribution in [0.1, 0.15) is 10.4 Å². The van der Waals surface area contributed by atoms with Gasteiger partial charge in [0.2, 0.25) is 0 Å². The van der Waals surface area contributed by atoms with E-state index in [1.165, 1.54) is 0 Å². The summed E-state index contributed by atoms with van der Waals surface area (Å²) in [6, 6.07) is 8.36. The van der Waals surface area contributed by atoms with Crippen LogP contribution in [-0.4, -0.2) is 23.5 Å². The highest BCUT2D eigenvalue weighted by Gasteiger charge is 2.18. The molecule has 1 N–H and O–H groups in total. The van der Waals surface area contributed by atoms with Crippen molar-refractivity contribution in [1.82, 2.24) is 4.98 Å². The number of thiazole rings is 1. The minimum atomic E-state index is -1.25. The number of halogens is 4. The Labute approximate surface area is 171 Å². The second kappa shape index (κ2) is 8.64. The molecule has 10 heteroatoms. The molecule has 0 atom stereocenters. The van der Waals surface area contributed by atoms with Gasteiger partial charge in [-0.15, -0.1) is 11.3 Å². The van der Waals surface area contributed by atoms with Gasteiger partial charge in [-0.05, 0) is 18.2 Å². The molecule has 0 aliphatic heterocycles. The van der Waals surface area contributed by atoms with Crippen LogP contribution in [0.15, 0.2) is 41.8 Å². The Morgan fingerprint density at radius 1 is 1.11 bits per heavy atom. The van der Waals surface area contributed by atoms with E-state index in [0.717, 1.165) is 11.3 Å². The van der Waals surface area contributed by atoms with Gasteiger partial charge >= 0.3 is 5.97 Å². The highest BCUT2D eigenvalue weighted by Crippen LogP contribution is 2.30. The van der Waals surface area contributed by atoms with E-state index in [-0.39, 0.29) is 15.7 Å². The summed E-state index contributed by atoms with van der Waals surface area (Å²) in [6.45, 7) is -0.658. The summed E-state index contributed by atoms with van der Waals surface area (Å²) in [5.41, 5.74) is 0.903. The number of hydrogen-bond acceptors (Lipinski definition) is 5. The molecule has 2 aromatic carbocycles. The molecule has 0 radical (unpaired) electrons. The number of nitrogens with zero attached hydrogens (tertiary/aromatic N) is 1. The fraction of sp³-hybridized carbons (Fsp3) is 0.0556. The van der Waals surface area contributed by atoms with E-state index in [4.69, 9.17) is 27.9 Å². The molecule has 0 bridgehead atoms. The summed E-state index contributed by atoms with van der Waals surface area (Å²) in [5.74, 6) is -4.17. The van der Waals surface area contributed by atoms with E-state index >= 15 is 0 Å². The van der Waals surface area contributed by atoms with Gasteiger partial charge in [0, 0.05) is 16.0 Å². The Morgan fingerprint density at radius 2 is 1.82 bits per heavy atom. The Balaban J connectivity index is 1.60. The third-order valence-corrected chi connectivity index (χ3v) is 4.86. The summed E-state index contributed by atoms with van der Waals surface area (Å²) in [5, 5.41) is 4.66. The first-order valence-electron chi connectivity index (χ1n) is 7.67. The van der Waals surface area contributed by atoms with Gasteiger partial charge in [0.1, 0.15) is 0 Å². The molecule has 1 heterocycles. The third-order valence-electron chi connectivity index (χ3n) is 3.46. The SMILES string of the molecule is O=C(COC(=O)c1cc(F)c(F)cc1Cl)Nc1nc(-c2ccccc2Cl)cs1. The van der Waals surface area contributed by atoms with Crippen LogP contribution in [-0.2, 0) is 9.53 Å². The summed E-state index contributed by atoms with van der Waals surface area (Å²) < 4.78 is 31.1. The minimum absolute atomic E-state index is 0.279. The fourth-order valence-electron chi connectivity index (χ4n) is 2.17. The molecule has 3 rings (SSSR count). The largest absolute Gasteiger partial charge is 0.452 e. The predicted molar refractivity (Wildman–Crippen MR) is 103 cm³/mol. The molecule has 5 nitrogen and oxygen atoms in total. The Hall–Kier alpha value is -2.55. The van der Waals surface area contributed by atoms with Gasteiger partial charge < -0.3 is 4.74 Å². The van der Waals surface area contributed by atoms with Gasteiger partial charge in [-0.1, -0.05) is 41.4 Å². The van der Waals surface area contributed by atoms with Crippen molar-refractivity contribution in [2.45, 2.75) is 0 Å². The van der Waals surface area contributed by atoms with Crippen LogP contribution >= 0.6 is 34.5 Å². The lowest BCUT2D eigenvalue weighted by molar-refractivity contribution is -0.119. The normalized spacial score (nSPS) is 10.6. The standard InChI is InChI=1S/C18H10Cl2F2N2O3S/c19-11-4-2-1-3-9(11)15-8-28-18(23-15)24-16(25)7-27-17(26)10-5-13(21)14(22)6-12(10)20/h1-6,8H,7H2,(H,23,24,25). The van der Waals surface area contributed by atoms with E-state index in [2.05, 4.69) is 10.3 Å². The number of carbonyl (C=O) groups excluding carboxylic acids is 2. The molecule has 0 unspecified atom stereocenters. The number of amides is 1. The second-order valence-corrected chi connectivity index (χ2v) is 7.06. The van der Waals surface area contributed by atoms with E-state index in [1.807, 2.05) is 6.07 Å². The van der Waals surface area contributed by atoms with E-state index < -0.39 is 30.1 Å². The van der Waals surface area contributed by atoms with Crippen molar-refractivity contribution in [1.29, 1.82) is 0 Å². The van der Waals surface area contributed by atoms with Crippen LogP contribution < -0.4 is 5.32 Å². The summed E-state index contributed by atoms with van der Waals surface area (Å²) in [4.78, 5) is 28.1. The minimum Gasteiger partial charge on any atom is -0.452 e. The first-order valence-corrected chi connectivity index (χ1v) is 9.30. The van der Waals surface area contributed by atoms with Crippen molar-refractivity contribution in [3.8, 4) is 11.3 Å². The first-order chi connectivity index (χ1) is 13.3. The fourth-order valence-corrected chi connectivity index (χ4v) is 3.35. The van der Waals surface area contributed by atoms with Crippen molar-refractivity contribution < 1.29 is 23.1 Å². The highest BCUT2D eigenvalue weighted by molar-refractivity contribution is 7.14. The first kappa shape index (κ1) is 20.2. The number of benzene rings is 2. The molecule has 0 spiro atoms. The average Bonchev–Trinajstić information content (AvgIpc) is 3.11. The number of esters is 1. The van der Waals surface area contributed by atoms with E-state index in [9.17, 15) is 18.4 Å². The van der Waals surface area contributed by atoms with E-state index in [0.29, 0.717) is 28.4 Å². The zero-order valence-corrected chi connectivity index (χ0v) is 16.2. The monoisotopic (exact) mass is 442 g/mol. The van der Waals surface area contributed by atoms with Gasteiger partial charge in [0.15, 0.2) is 23.4 Å².